The van der Waals surface area contributed by atoms with Gasteiger partial charge in [0, 0.05) is 24.0 Å². The molecule has 0 saturated carbocycles. The van der Waals surface area contributed by atoms with E-state index < -0.39 is 0 Å². The minimum Gasteiger partial charge on any atom is -0.344 e. The van der Waals surface area contributed by atoms with Crippen LogP contribution in [-0.2, 0) is 6.54 Å². The Morgan fingerprint density at radius 2 is 2.18 bits per heavy atom. The van der Waals surface area contributed by atoms with Crippen LogP contribution in [0.4, 0.5) is 0 Å². The normalized spacial score (nSPS) is 12.4. The molecule has 1 aromatic carbocycles. The molecule has 0 fully saturated rings. The number of benzene rings is 1. The molecular formula is C17H24N4O. The lowest BCUT2D eigenvalue weighted by Crippen LogP contribution is -2.29. The van der Waals surface area contributed by atoms with Gasteiger partial charge < -0.3 is 15.2 Å². The Morgan fingerprint density at radius 1 is 1.41 bits per heavy atom. The predicted molar refractivity (Wildman–Crippen MR) is 87.7 cm³/mol. The van der Waals surface area contributed by atoms with E-state index in [0.717, 1.165) is 30.0 Å². The fourth-order valence-corrected chi connectivity index (χ4v) is 2.39. The first-order chi connectivity index (χ1) is 10.5. The Hall–Kier alpha value is -2.14. The van der Waals surface area contributed by atoms with Crippen molar-refractivity contribution in [2.24, 2.45) is 0 Å². The second-order valence-electron chi connectivity index (χ2n) is 5.82. The summed E-state index contributed by atoms with van der Waals surface area (Å²) in [5.74, 6) is 0.735. The zero-order valence-electron chi connectivity index (χ0n) is 13.7. The van der Waals surface area contributed by atoms with E-state index in [0.29, 0.717) is 5.56 Å². The van der Waals surface area contributed by atoms with Crippen LogP contribution in [0, 0.1) is 6.92 Å². The van der Waals surface area contributed by atoms with Gasteiger partial charge in [0.25, 0.3) is 5.91 Å². The number of imidazole rings is 1. The Kier molecular flexibility index (Phi) is 5.33. The highest BCUT2D eigenvalue weighted by molar-refractivity contribution is 5.94. The highest BCUT2D eigenvalue weighted by Gasteiger charge is 2.16. The molecule has 2 N–H and O–H groups in total. The molecule has 1 aromatic heterocycles. The quantitative estimate of drug-likeness (QED) is 0.862. The first-order valence-corrected chi connectivity index (χ1v) is 7.55. The van der Waals surface area contributed by atoms with Gasteiger partial charge in [0.2, 0.25) is 0 Å². The van der Waals surface area contributed by atoms with Gasteiger partial charge in [0.15, 0.2) is 0 Å². The van der Waals surface area contributed by atoms with Gasteiger partial charge >= 0.3 is 0 Å². The molecule has 5 nitrogen and oxygen atoms in total. The first kappa shape index (κ1) is 16.2. The average molecular weight is 300 g/mol. The molecule has 0 spiro atoms. The molecule has 22 heavy (non-hydrogen) atoms. The van der Waals surface area contributed by atoms with E-state index in [4.69, 9.17) is 0 Å². The van der Waals surface area contributed by atoms with Gasteiger partial charge in [-0.2, -0.15) is 0 Å². The van der Waals surface area contributed by atoms with E-state index in [1.807, 2.05) is 52.2 Å². The summed E-state index contributed by atoms with van der Waals surface area (Å²) >= 11 is 0. The second kappa shape index (κ2) is 7.22. The van der Waals surface area contributed by atoms with Crippen LogP contribution in [0.5, 0.6) is 0 Å². The largest absolute Gasteiger partial charge is 0.344 e. The molecule has 118 valence electrons. The summed E-state index contributed by atoms with van der Waals surface area (Å²) in [4.78, 5) is 22.0. The van der Waals surface area contributed by atoms with Crippen LogP contribution < -0.4 is 5.32 Å². The number of carbonyl (C=O) groups is 1. The van der Waals surface area contributed by atoms with E-state index in [-0.39, 0.29) is 11.9 Å². The Balaban J connectivity index is 2.10. The third kappa shape index (κ3) is 4.18. The zero-order valence-corrected chi connectivity index (χ0v) is 13.7. The fraction of sp³-hybridized carbons (Fsp3) is 0.412. The predicted octanol–water partition coefficient (Wildman–Crippen LogP) is 2.66. The Bertz CT molecular complexity index is 633. The summed E-state index contributed by atoms with van der Waals surface area (Å²) in [6.45, 7) is 4.80. The lowest BCUT2D eigenvalue weighted by Gasteiger charge is -2.16. The van der Waals surface area contributed by atoms with E-state index in [2.05, 4.69) is 20.2 Å². The summed E-state index contributed by atoms with van der Waals surface area (Å²) in [5, 5.41) is 3.05. The lowest BCUT2D eigenvalue weighted by atomic mass is 10.1. The molecule has 2 aromatic rings. The fourth-order valence-electron chi connectivity index (χ4n) is 2.39. The van der Waals surface area contributed by atoms with Crippen molar-refractivity contribution >= 4 is 5.91 Å². The molecule has 0 radical (unpaired) electrons. The number of amides is 1. The van der Waals surface area contributed by atoms with Crippen LogP contribution in [0.15, 0.2) is 30.5 Å². The van der Waals surface area contributed by atoms with Gasteiger partial charge in [0.1, 0.15) is 5.82 Å². The van der Waals surface area contributed by atoms with Crippen molar-refractivity contribution in [3.05, 3.63) is 53.1 Å². The van der Waals surface area contributed by atoms with E-state index in [1.165, 1.54) is 0 Å². The van der Waals surface area contributed by atoms with Gasteiger partial charge in [-0.3, -0.25) is 4.79 Å². The maximum absolute atomic E-state index is 12.5. The van der Waals surface area contributed by atoms with Crippen molar-refractivity contribution in [1.29, 1.82) is 0 Å². The summed E-state index contributed by atoms with van der Waals surface area (Å²) in [6.07, 6.45) is 2.57. The number of nitrogens with one attached hydrogen (secondary N) is 2. The Morgan fingerprint density at radius 3 is 2.77 bits per heavy atom. The van der Waals surface area contributed by atoms with Crippen LogP contribution in [0.1, 0.15) is 46.8 Å². The van der Waals surface area contributed by atoms with Gasteiger partial charge in [0.05, 0.1) is 6.04 Å². The molecule has 0 bridgehead atoms. The van der Waals surface area contributed by atoms with Crippen molar-refractivity contribution in [3.63, 3.8) is 0 Å². The standard InChI is InChI=1S/C17H24N4O/c1-5-15(16-18-10-12(2)19-16)20-17(22)14-8-6-7-13(9-14)11-21(3)4/h6-10,15H,5,11H2,1-4H3,(H,18,19)(H,20,22). The summed E-state index contributed by atoms with van der Waals surface area (Å²) < 4.78 is 0. The smallest absolute Gasteiger partial charge is 0.251 e. The Labute approximate surface area is 131 Å². The number of hydrogen-bond acceptors (Lipinski definition) is 3. The van der Waals surface area contributed by atoms with Crippen molar-refractivity contribution in [1.82, 2.24) is 20.2 Å². The number of hydrogen-bond donors (Lipinski definition) is 2. The monoisotopic (exact) mass is 300 g/mol. The molecule has 1 heterocycles. The van der Waals surface area contributed by atoms with Gasteiger partial charge in [-0.1, -0.05) is 19.1 Å². The lowest BCUT2D eigenvalue weighted by molar-refractivity contribution is 0.0933. The SMILES string of the molecule is CCC(NC(=O)c1cccc(CN(C)C)c1)c1ncc(C)[nH]1. The molecule has 5 heteroatoms. The van der Waals surface area contributed by atoms with Gasteiger partial charge in [-0.05, 0) is 45.1 Å². The zero-order chi connectivity index (χ0) is 16.1. The highest BCUT2D eigenvalue weighted by Crippen LogP contribution is 2.15. The van der Waals surface area contributed by atoms with Gasteiger partial charge in [-0.25, -0.2) is 4.98 Å². The molecule has 0 saturated heterocycles. The molecule has 2 rings (SSSR count). The third-order valence-corrected chi connectivity index (χ3v) is 3.45. The van der Waals surface area contributed by atoms with E-state index >= 15 is 0 Å². The maximum atomic E-state index is 12.5. The van der Waals surface area contributed by atoms with Crippen LogP contribution in [0.25, 0.3) is 0 Å². The maximum Gasteiger partial charge on any atom is 0.251 e. The van der Waals surface area contributed by atoms with Crippen molar-refractivity contribution in [2.75, 3.05) is 14.1 Å². The highest BCUT2D eigenvalue weighted by atomic mass is 16.1. The first-order valence-electron chi connectivity index (χ1n) is 7.55. The number of aromatic amines is 1. The van der Waals surface area contributed by atoms with Crippen molar-refractivity contribution in [2.45, 2.75) is 32.9 Å². The average Bonchev–Trinajstić information content (AvgIpc) is 2.90. The minimum absolute atomic E-state index is 0.0680. The summed E-state index contributed by atoms with van der Waals surface area (Å²) in [7, 11) is 4.03. The molecule has 1 unspecified atom stereocenters. The van der Waals surface area contributed by atoms with Crippen molar-refractivity contribution in [3.8, 4) is 0 Å². The topological polar surface area (TPSA) is 61.0 Å². The molecular weight excluding hydrogens is 276 g/mol. The van der Waals surface area contributed by atoms with E-state index in [9.17, 15) is 4.79 Å². The number of nitrogens with zero attached hydrogens (tertiary/aromatic N) is 2. The van der Waals surface area contributed by atoms with Crippen molar-refractivity contribution < 1.29 is 4.79 Å². The van der Waals surface area contributed by atoms with Crippen LogP contribution >= 0.6 is 0 Å². The number of aromatic nitrogens is 2. The molecule has 1 atom stereocenters. The summed E-state index contributed by atoms with van der Waals surface area (Å²) in [6, 6.07) is 7.64. The third-order valence-electron chi connectivity index (χ3n) is 3.45. The van der Waals surface area contributed by atoms with Gasteiger partial charge in [-0.15, -0.1) is 0 Å². The van der Waals surface area contributed by atoms with Crippen LogP contribution in [0.2, 0.25) is 0 Å². The number of H-pyrrole nitrogens is 1. The molecule has 1 amide bonds. The number of carbonyl (C=O) groups excluding carboxylic acids is 1. The number of rotatable bonds is 6. The molecule has 0 aliphatic heterocycles. The number of aryl methyl sites for hydroxylation is 1. The molecule has 0 aliphatic carbocycles. The van der Waals surface area contributed by atoms with Crippen LogP contribution in [-0.4, -0.2) is 34.9 Å². The summed E-state index contributed by atoms with van der Waals surface area (Å²) in [5.41, 5.74) is 2.80. The van der Waals surface area contributed by atoms with Crippen LogP contribution in [0.3, 0.4) is 0 Å². The molecule has 0 aliphatic rings. The van der Waals surface area contributed by atoms with E-state index in [1.54, 1.807) is 6.20 Å². The second-order valence-corrected chi connectivity index (χ2v) is 5.82. The minimum atomic E-state index is -0.0984.